The van der Waals surface area contributed by atoms with Gasteiger partial charge in [0, 0.05) is 40.6 Å². The fraction of sp³-hybridized carbons (Fsp3) is 0.167. The van der Waals surface area contributed by atoms with Crippen LogP contribution in [-0.4, -0.2) is 20.4 Å². The van der Waals surface area contributed by atoms with Gasteiger partial charge in [0.15, 0.2) is 0 Å². The van der Waals surface area contributed by atoms with Gasteiger partial charge < -0.3 is 14.9 Å². The number of carbonyl (C=O) groups is 1. The van der Waals surface area contributed by atoms with Gasteiger partial charge in [0.25, 0.3) is 11.5 Å². The summed E-state index contributed by atoms with van der Waals surface area (Å²) in [6.45, 7) is 3.82. The van der Waals surface area contributed by atoms with E-state index in [1.807, 2.05) is 16.7 Å². The van der Waals surface area contributed by atoms with Crippen LogP contribution in [0, 0.1) is 6.92 Å². The maximum Gasteiger partial charge on any atom is 0.261 e. The van der Waals surface area contributed by atoms with Crippen molar-refractivity contribution in [2.24, 2.45) is 0 Å². The number of hydrogen-bond acceptors (Lipinski definition) is 4. The Morgan fingerprint density at radius 2 is 1.97 bits per heavy atom. The largest absolute Gasteiger partial charge is 0.343 e. The molecule has 5 rings (SSSR count). The van der Waals surface area contributed by atoms with Crippen LogP contribution in [0.4, 0.5) is 5.69 Å². The second kappa shape index (κ2) is 7.05. The summed E-state index contributed by atoms with van der Waals surface area (Å²) in [4.78, 5) is 44.9. The highest BCUT2D eigenvalue weighted by Crippen LogP contribution is 2.31. The Kier molecular flexibility index (Phi) is 4.32. The number of benzene rings is 2. The molecule has 7 nitrogen and oxygen atoms in total. The van der Waals surface area contributed by atoms with Crippen molar-refractivity contribution in [1.29, 1.82) is 0 Å². The van der Waals surface area contributed by atoms with Crippen molar-refractivity contribution < 1.29 is 4.79 Å². The molecule has 154 valence electrons. The smallest absolute Gasteiger partial charge is 0.261 e. The molecule has 7 heteroatoms. The normalized spacial score (nSPS) is 14.7. The Balaban J connectivity index is 1.52. The average Bonchev–Trinajstić information content (AvgIpc) is 3.06. The highest BCUT2D eigenvalue weighted by molar-refractivity contribution is 6.06. The molecule has 1 atom stereocenters. The number of hydrogen-bond donors (Lipinski definition) is 2. The van der Waals surface area contributed by atoms with Gasteiger partial charge in [-0.15, -0.1) is 0 Å². The van der Waals surface area contributed by atoms with Crippen LogP contribution >= 0.6 is 0 Å². The molecule has 0 bridgehead atoms. The number of aryl methyl sites for hydroxylation is 1. The number of nitrogens with zero attached hydrogens (tertiary/aromatic N) is 2. The molecule has 2 N–H and O–H groups in total. The number of H-pyrrole nitrogens is 1. The zero-order valence-corrected chi connectivity index (χ0v) is 17.1. The fourth-order valence-electron chi connectivity index (χ4n) is 4.24. The molecule has 0 saturated heterocycles. The van der Waals surface area contributed by atoms with E-state index >= 15 is 0 Å². The van der Waals surface area contributed by atoms with Gasteiger partial charge in [-0.25, -0.2) is 4.98 Å². The SMILES string of the molecule is Cc1cc(=O)[nH]c(-c2cccc(NC(=O)c3cn4c5c(cccc5c3=O)CC4C)c2)n1. The average molecular weight is 412 g/mol. The lowest BCUT2D eigenvalue weighted by molar-refractivity contribution is 0.102. The maximum absolute atomic E-state index is 13.0. The molecule has 1 aliphatic heterocycles. The summed E-state index contributed by atoms with van der Waals surface area (Å²) in [5, 5.41) is 3.37. The molecule has 0 saturated carbocycles. The van der Waals surface area contributed by atoms with Gasteiger partial charge in [-0.2, -0.15) is 0 Å². The van der Waals surface area contributed by atoms with E-state index in [0.717, 1.165) is 17.5 Å². The van der Waals surface area contributed by atoms with Gasteiger partial charge in [-0.3, -0.25) is 14.4 Å². The lowest BCUT2D eigenvalue weighted by Gasteiger charge is -2.13. The van der Waals surface area contributed by atoms with Crippen LogP contribution < -0.4 is 16.3 Å². The lowest BCUT2D eigenvalue weighted by Crippen LogP contribution is -2.23. The third kappa shape index (κ3) is 3.24. The minimum Gasteiger partial charge on any atom is -0.343 e. The number of rotatable bonds is 3. The summed E-state index contributed by atoms with van der Waals surface area (Å²) in [7, 11) is 0. The standard InChI is InChI=1S/C24H20N4O3/c1-13-9-20(29)27-23(25-13)16-6-3-7-17(11-16)26-24(31)19-12-28-14(2)10-15-5-4-8-18(21(15)28)22(19)30/h3-9,11-12,14H,10H2,1-2H3,(H,26,31)(H,25,27,29). The van der Waals surface area contributed by atoms with Gasteiger partial charge in [0.1, 0.15) is 11.4 Å². The Hall–Kier alpha value is -4.00. The minimum absolute atomic E-state index is 0.103. The zero-order valence-electron chi connectivity index (χ0n) is 17.1. The summed E-state index contributed by atoms with van der Waals surface area (Å²) in [5.41, 5.74) is 3.39. The fourth-order valence-corrected chi connectivity index (χ4v) is 4.24. The van der Waals surface area contributed by atoms with Crippen LogP contribution in [0.3, 0.4) is 0 Å². The molecule has 0 aliphatic carbocycles. The molecular formula is C24H20N4O3. The third-order valence-corrected chi connectivity index (χ3v) is 5.63. The summed E-state index contributed by atoms with van der Waals surface area (Å²) in [6, 6.07) is 14.3. The van der Waals surface area contributed by atoms with E-state index in [2.05, 4.69) is 22.2 Å². The van der Waals surface area contributed by atoms with Gasteiger partial charge in [-0.05, 0) is 44.0 Å². The van der Waals surface area contributed by atoms with E-state index in [1.165, 1.54) is 6.07 Å². The molecule has 0 radical (unpaired) electrons. The number of aromatic nitrogens is 3. The Morgan fingerprint density at radius 3 is 2.77 bits per heavy atom. The zero-order chi connectivity index (χ0) is 21.7. The second-order valence-corrected chi connectivity index (χ2v) is 7.92. The molecule has 3 heterocycles. The molecule has 4 aromatic rings. The van der Waals surface area contributed by atoms with Crippen molar-refractivity contribution in [3.8, 4) is 11.4 Å². The molecule has 0 spiro atoms. The van der Waals surface area contributed by atoms with Crippen LogP contribution in [-0.2, 0) is 6.42 Å². The van der Waals surface area contributed by atoms with Crippen molar-refractivity contribution in [1.82, 2.24) is 14.5 Å². The summed E-state index contributed by atoms with van der Waals surface area (Å²) in [5.74, 6) is -0.0515. The van der Waals surface area contributed by atoms with Gasteiger partial charge in [0.05, 0.1) is 5.52 Å². The third-order valence-electron chi connectivity index (χ3n) is 5.63. The van der Waals surface area contributed by atoms with Crippen molar-refractivity contribution in [2.45, 2.75) is 26.3 Å². The first-order chi connectivity index (χ1) is 14.9. The Morgan fingerprint density at radius 1 is 1.16 bits per heavy atom. The second-order valence-electron chi connectivity index (χ2n) is 7.92. The molecular weight excluding hydrogens is 392 g/mol. The predicted molar refractivity (Wildman–Crippen MR) is 120 cm³/mol. The van der Waals surface area contributed by atoms with E-state index in [9.17, 15) is 14.4 Å². The molecule has 31 heavy (non-hydrogen) atoms. The number of amides is 1. The van der Waals surface area contributed by atoms with Crippen molar-refractivity contribution in [3.63, 3.8) is 0 Å². The van der Waals surface area contributed by atoms with E-state index in [4.69, 9.17) is 0 Å². The molecule has 1 unspecified atom stereocenters. The molecule has 1 amide bonds. The molecule has 2 aromatic carbocycles. The van der Waals surface area contributed by atoms with Crippen LogP contribution in [0.1, 0.15) is 34.6 Å². The first-order valence-corrected chi connectivity index (χ1v) is 10.1. The topological polar surface area (TPSA) is 96.9 Å². The molecule has 2 aromatic heterocycles. The summed E-state index contributed by atoms with van der Waals surface area (Å²) in [6.07, 6.45) is 2.50. The molecule has 0 fully saturated rings. The maximum atomic E-state index is 13.0. The lowest BCUT2D eigenvalue weighted by atomic mass is 10.1. The van der Waals surface area contributed by atoms with Crippen molar-refractivity contribution >= 4 is 22.5 Å². The van der Waals surface area contributed by atoms with Gasteiger partial charge >= 0.3 is 0 Å². The monoisotopic (exact) mass is 412 g/mol. The predicted octanol–water partition coefficient (Wildman–Crippen LogP) is 3.43. The summed E-state index contributed by atoms with van der Waals surface area (Å²) >= 11 is 0. The number of pyridine rings is 1. The first-order valence-electron chi connectivity index (χ1n) is 10.1. The van der Waals surface area contributed by atoms with Gasteiger partial charge in [-0.1, -0.05) is 24.3 Å². The quantitative estimate of drug-likeness (QED) is 0.539. The first kappa shape index (κ1) is 19.0. The van der Waals surface area contributed by atoms with Crippen LogP contribution in [0.5, 0.6) is 0 Å². The van der Waals surface area contributed by atoms with Gasteiger partial charge in [0.2, 0.25) is 5.43 Å². The van der Waals surface area contributed by atoms with Crippen LogP contribution in [0.15, 0.2) is 64.3 Å². The highest BCUT2D eigenvalue weighted by atomic mass is 16.2. The van der Waals surface area contributed by atoms with E-state index in [-0.39, 0.29) is 22.6 Å². The van der Waals surface area contributed by atoms with Crippen molar-refractivity contribution in [3.05, 3.63) is 92.1 Å². The van der Waals surface area contributed by atoms with E-state index in [0.29, 0.717) is 28.2 Å². The minimum atomic E-state index is -0.469. The molecule has 1 aliphatic rings. The van der Waals surface area contributed by atoms with Crippen LogP contribution in [0.25, 0.3) is 22.3 Å². The number of anilines is 1. The number of para-hydroxylation sites is 1. The van der Waals surface area contributed by atoms with Crippen molar-refractivity contribution in [2.75, 3.05) is 5.32 Å². The van der Waals surface area contributed by atoms with Crippen LogP contribution in [0.2, 0.25) is 0 Å². The van der Waals surface area contributed by atoms with E-state index in [1.54, 1.807) is 43.5 Å². The van der Waals surface area contributed by atoms with E-state index < -0.39 is 5.91 Å². The number of nitrogens with one attached hydrogen (secondary N) is 2. The number of aromatic amines is 1. The summed E-state index contributed by atoms with van der Waals surface area (Å²) < 4.78 is 2.01. The highest BCUT2D eigenvalue weighted by Gasteiger charge is 2.24. The Labute approximate surface area is 177 Å². The number of carbonyl (C=O) groups excluding carboxylic acids is 1. The Bertz CT molecular complexity index is 1480.